The van der Waals surface area contributed by atoms with Gasteiger partial charge in [0.25, 0.3) is 5.56 Å². The fraction of sp³-hybridized carbons (Fsp3) is 0.231. The summed E-state index contributed by atoms with van der Waals surface area (Å²) in [5.74, 6) is -0.298. The molecule has 9 heteroatoms. The molecular formula is C13H13ClN4O3S. The van der Waals surface area contributed by atoms with Crippen molar-refractivity contribution in [2.45, 2.75) is 23.6 Å². The number of amides is 1. The first-order chi connectivity index (χ1) is 10.5. The molecule has 1 aromatic heterocycles. The highest BCUT2D eigenvalue weighted by atomic mass is 35.5. The van der Waals surface area contributed by atoms with Crippen LogP contribution >= 0.6 is 23.4 Å². The SMILES string of the molecule is CC[C@@H](Sc1n[nH]c(=O)[nH]c1=O)C(=O)Nc1ccccc1Cl. The maximum atomic E-state index is 12.3. The van der Waals surface area contributed by atoms with E-state index in [2.05, 4.69) is 20.5 Å². The third-order valence-corrected chi connectivity index (χ3v) is 4.39. The first kappa shape index (κ1) is 16.3. The first-order valence-corrected chi connectivity index (χ1v) is 7.68. The zero-order valence-corrected chi connectivity index (χ0v) is 13.1. The van der Waals surface area contributed by atoms with E-state index in [-0.39, 0.29) is 10.9 Å². The summed E-state index contributed by atoms with van der Waals surface area (Å²) >= 11 is 6.97. The van der Waals surface area contributed by atoms with E-state index in [0.29, 0.717) is 17.1 Å². The molecule has 0 aliphatic rings. The summed E-state index contributed by atoms with van der Waals surface area (Å²) in [4.78, 5) is 36.9. The Morgan fingerprint density at radius 3 is 2.77 bits per heavy atom. The van der Waals surface area contributed by atoms with Crippen LogP contribution in [0.1, 0.15) is 13.3 Å². The lowest BCUT2D eigenvalue weighted by Crippen LogP contribution is -2.29. The van der Waals surface area contributed by atoms with Crippen molar-refractivity contribution in [1.82, 2.24) is 15.2 Å². The molecule has 0 fully saturated rings. The van der Waals surface area contributed by atoms with Crippen molar-refractivity contribution in [2.24, 2.45) is 0 Å². The third kappa shape index (κ3) is 3.99. The topological polar surface area (TPSA) is 108 Å². The fourth-order valence-electron chi connectivity index (χ4n) is 1.65. The molecule has 22 heavy (non-hydrogen) atoms. The average molecular weight is 341 g/mol. The van der Waals surface area contributed by atoms with E-state index in [1.807, 2.05) is 6.92 Å². The normalized spacial score (nSPS) is 11.9. The second-order valence-corrected chi connectivity index (χ2v) is 5.89. The Labute approximate surface area is 134 Å². The largest absolute Gasteiger partial charge is 0.342 e. The van der Waals surface area contributed by atoms with Gasteiger partial charge in [0.15, 0.2) is 5.03 Å². The van der Waals surface area contributed by atoms with E-state index in [1.54, 1.807) is 24.3 Å². The molecule has 1 aromatic carbocycles. The number of aromatic nitrogens is 3. The van der Waals surface area contributed by atoms with Gasteiger partial charge in [-0.15, -0.1) is 0 Å². The number of aromatic amines is 2. The smallest absolute Gasteiger partial charge is 0.324 e. The molecule has 2 rings (SSSR count). The number of hydrogen-bond donors (Lipinski definition) is 3. The lowest BCUT2D eigenvalue weighted by molar-refractivity contribution is -0.115. The summed E-state index contributed by atoms with van der Waals surface area (Å²) in [5.41, 5.74) is -0.822. The lowest BCUT2D eigenvalue weighted by atomic mass is 10.2. The molecule has 0 aliphatic carbocycles. The van der Waals surface area contributed by atoms with Crippen molar-refractivity contribution in [2.75, 3.05) is 5.32 Å². The van der Waals surface area contributed by atoms with Crippen molar-refractivity contribution >= 4 is 35.0 Å². The van der Waals surface area contributed by atoms with Crippen LogP contribution in [0.15, 0.2) is 38.9 Å². The van der Waals surface area contributed by atoms with Gasteiger partial charge in [-0.1, -0.05) is 42.4 Å². The minimum atomic E-state index is -0.692. The van der Waals surface area contributed by atoms with Crippen LogP contribution in [0.2, 0.25) is 5.02 Å². The van der Waals surface area contributed by atoms with Gasteiger partial charge in [0.05, 0.1) is 16.0 Å². The van der Waals surface area contributed by atoms with Crippen molar-refractivity contribution < 1.29 is 4.79 Å². The quantitative estimate of drug-likeness (QED) is 0.717. The number of benzene rings is 1. The highest BCUT2D eigenvalue weighted by Crippen LogP contribution is 2.24. The number of hydrogen-bond acceptors (Lipinski definition) is 5. The van der Waals surface area contributed by atoms with Crippen LogP contribution in [-0.4, -0.2) is 26.3 Å². The molecule has 0 radical (unpaired) electrons. The highest BCUT2D eigenvalue weighted by molar-refractivity contribution is 8.00. The zero-order valence-electron chi connectivity index (χ0n) is 11.6. The first-order valence-electron chi connectivity index (χ1n) is 6.42. The molecule has 1 heterocycles. The molecule has 1 amide bonds. The van der Waals surface area contributed by atoms with Crippen LogP contribution in [-0.2, 0) is 4.79 Å². The van der Waals surface area contributed by atoms with E-state index in [4.69, 9.17) is 11.6 Å². The second-order valence-electron chi connectivity index (χ2n) is 4.30. The number of carbonyl (C=O) groups excluding carboxylic acids is 1. The zero-order chi connectivity index (χ0) is 16.1. The van der Waals surface area contributed by atoms with Crippen LogP contribution in [0.3, 0.4) is 0 Å². The van der Waals surface area contributed by atoms with Crippen molar-refractivity contribution in [3.63, 3.8) is 0 Å². The highest BCUT2D eigenvalue weighted by Gasteiger charge is 2.21. The molecule has 2 aromatic rings. The minimum absolute atomic E-state index is 0.0285. The summed E-state index contributed by atoms with van der Waals surface area (Å²) in [6.07, 6.45) is 0.473. The van der Waals surface area contributed by atoms with Crippen LogP contribution in [0, 0.1) is 0 Å². The van der Waals surface area contributed by atoms with Gasteiger partial charge in [-0.2, -0.15) is 5.10 Å². The summed E-state index contributed by atoms with van der Waals surface area (Å²) in [6.45, 7) is 1.81. The van der Waals surface area contributed by atoms with Gasteiger partial charge in [0.1, 0.15) is 0 Å². The average Bonchev–Trinajstić information content (AvgIpc) is 2.49. The summed E-state index contributed by atoms with van der Waals surface area (Å²) in [7, 11) is 0. The Morgan fingerprint density at radius 1 is 1.41 bits per heavy atom. The molecule has 0 bridgehead atoms. The van der Waals surface area contributed by atoms with Crippen molar-refractivity contribution in [3.8, 4) is 0 Å². The van der Waals surface area contributed by atoms with Gasteiger partial charge >= 0.3 is 5.69 Å². The summed E-state index contributed by atoms with van der Waals surface area (Å²) in [6, 6.07) is 6.86. The number of rotatable bonds is 5. The number of thioether (sulfide) groups is 1. The Kier molecular flexibility index (Phi) is 5.40. The van der Waals surface area contributed by atoms with E-state index >= 15 is 0 Å². The number of anilines is 1. The Hall–Kier alpha value is -2.06. The predicted molar refractivity (Wildman–Crippen MR) is 85.5 cm³/mol. The summed E-state index contributed by atoms with van der Waals surface area (Å²) in [5, 5.41) is 8.40. The summed E-state index contributed by atoms with van der Waals surface area (Å²) < 4.78 is 0. The van der Waals surface area contributed by atoms with E-state index in [0.717, 1.165) is 11.8 Å². The van der Waals surface area contributed by atoms with Crippen LogP contribution in [0.4, 0.5) is 5.69 Å². The molecule has 7 nitrogen and oxygen atoms in total. The minimum Gasteiger partial charge on any atom is -0.324 e. The van der Waals surface area contributed by atoms with Crippen LogP contribution < -0.4 is 16.6 Å². The molecule has 0 aliphatic heterocycles. The number of H-pyrrole nitrogens is 2. The maximum absolute atomic E-state index is 12.3. The fourth-order valence-corrected chi connectivity index (χ4v) is 2.69. The number of halogens is 1. The standard InChI is InChI=1S/C13H13ClN4O3S/c1-2-9(22-12-11(20)16-13(21)18-17-12)10(19)15-8-6-4-3-5-7(8)14/h3-6,9H,2H2,1H3,(H,15,19)(H2,16,18,20,21)/t9-/m1/s1. The van der Waals surface area contributed by atoms with E-state index in [9.17, 15) is 14.4 Å². The number of nitrogens with one attached hydrogen (secondary N) is 3. The van der Waals surface area contributed by atoms with E-state index < -0.39 is 16.5 Å². The molecule has 0 saturated heterocycles. The second kappa shape index (κ2) is 7.28. The number of para-hydroxylation sites is 1. The van der Waals surface area contributed by atoms with Gasteiger partial charge in [-0.25, -0.2) is 9.89 Å². The molecule has 116 valence electrons. The number of carbonyl (C=O) groups is 1. The Balaban J connectivity index is 2.14. The molecule has 0 saturated carbocycles. The lowest BCUT2D eigenvalue weighted by Gasteiger charge is -2.14. The van der Waals surface area contributed by atoms with Crippen molar-refractivity contribution in [3.05, 3.63) is 50.1 Å². The van der Waals surface area contributed by atoms with Crippen LogP contribution in [0.25, 0.3) is 0 Å². The van der Waals surface area contributed by atoms with E-state index in [1.165, 1.54) is 0 Å². The Morgan fingerprint density at radius 2 is 2.14 bits per heavy atom. The molecular weight excluding hydrogens is 328 g/mol. The van der Waals surface area contributed by atoms with Gasteiger partial charge in [0, 0.05) is 0 Å². The number of nitrogens with zero attached hydrogens (tertiary/aromatic N) is 1. The monoisotopic (exact) mass is 340 g/mol. The van der Waals surface area contributed by atoms with Crippen LogP contribution in [0.5, 0.6) is 0 Å². The van der Waals surface area contributed by atoms with Gasteiger partial charge in [0.2, 0.25) is 5.91 Å². The van der Waals surface area contributed by atoms with Gasteiger partial charge in [-0.3, -0.25) is 14.6 Å². The molecule has 1 atom stereocenters. The predicted octanol–water partition coefficient (Wildman–Crippen LogP) is 1.62. The van der Waals surface area contributed by atoms with Gasteiger partial charge < -0.3 is 5.32 Å². The molecule has 3 N–H and O–H groups in total. The van der Waals surface area contributed by atoms with Crippen molar-refractivity contribution in [1.29, 1.82) is 0 Å². The third-order valence-electron chi connectivity index (χ3n) is 2.73. The Bertz CT molecular complexity index is 789. The molecule has 0 spiro atoms. The molecule has 0 unspecified atom stereocenters. The van der Waals surface area contributed by atoms with Gasteiger partial charge in [-0.05, 0) is 18.6 Å². The maximum Gasteiger partial charge on any atom is 0.342 e.